The van der Waals surface area contributed by atoms with Crippen LogP contribution in [0.15, 0.2) is 12.2 Å². The van der Waals surface area contributed by atoms with Crippen LogP contribution in [0.3, 0.4) is 0 Å². The van der Waals surface area contributed by atoms with Gasteiger partial charge in [0.2, 0.25) is 0 Å². The predicted octanol–water partition coefficient (Wildman–Crippen LogP) is 0.370. The van der Waals surface area contributed by atoms with Crippen LogP contribution in [-0.2, 0) is 14.3 Å². The molecule has 1 atom stereocenters. The Hall–Kier alpha value is -1.16. The monoisotopic (exact) mass is 171 g/mol. The first-order valence-electron chi connectivity index (χ1n) is 3.67. The largest absolute Gasteiger partial charge is 0.392 e. The molecule has 0 saturated heterocycles. The van der Waals surface area contributed by atoms with Crippen LogP contribution in [-0.4, -0.2) is 18.0 Å². The molecule has 0 spiro atoms. The van der Waals surface area contributed by atoms with E-state index in [9.17, 15) is 9.59 Å². The zero-order chi connectivity index (χ0) is 9.56. The zero-order valence-corrected chi connectivity index (χ0v) is 7.24. The molecule has 68 valence electrons. The van der Waals surface area contributed by atoms with E-state index in [0.717, 1.165) is 0 Å². The Morgan fingerprint density at radius 3 is 2.58 bits per heavy atom. The van der Waals surface area contributed by atoms with Crippen molar-refractivity contribution in [1.29, 1.82) is 0 Å². The van der Waals surface area contributed by atoms with Crippen LogP contribution in [0.5, 0.6) is 0 Å². The number of carbonyl (C=O) groups excluding carboxylic acids is 2. The second-order valence-corrected chi connectivity index (χ2v) is 2.32. The molecule has 1 unspecified atom stereocenters. The van der Waals surface area contributed by atoms with E-state index < -0.39 is 18.0 Å². The summed E-state index contributed by atoms with van der Waals surface area (Å²) in [5.74, 6) is -1.31. The maximum absolute atomic E-state index is 10.9. The summed E-state index contributed by atoms with van der Waals surface area (Å²) in [6, 6.07) is -0.745. The van der Waals surface area contributed by atoms with Crippen molar-refractivity contribution in [3.63, 3.8) is 0 Å². The van der Waals surface area contributed by atoms with Gasteiger partial charge in [0.15, 0.2) is 0 Å². The molecule has 0 heterocycles. The molecular weight excluding hydrogens is 158 g/mol. The lowest BCUT2D eigenvalue weighted by Gasteiger charge is -2.05. The number of allylic oxidation sites excluding steroid dienone is 1. The Labute approximate surface area is 71.4 Å². The van der Waals surface area contributed by atoms with Crippen LogP contribution in [0.4, 0.5) is 0 Å². The molecule has 2 N–H and O–H groups in total. The molecule has 0 aliphatic heterocycles. The molecule has 12 heavy (non-hydrogen) atoms. The summed E-state index contributed by atoms with van der Waals surface area (Å²) in [7, 11) is 0. The van der Waals surface area contributed by atoms with E-state index in [1.54, 1.807) is 12.2 Å². The van der Waals surface area contributed by atoms with Gasteiger partial charge >= 0.3 is 11.9 Å². The van der Waals surface area contributed by atoms with Crippen molar-refractivity contribution in [2.24, 2.45) is 5.73 Å². The third-order valence-electron chi connectivity index (χ3n) is 1.17. The van der Waals surface area contributed by atoms with E-state index in [1.807, 2.05) is 6.92 Å². The number of carbonyl (C=O) groups is 2. The quantitative estimate of drug-likeness (QED) is 0.378. The summed E-state index contributed by atoms with van der Waals surface area (Å²) >= 11 is 0. The highest BCUT2D eigenvalue weighted by atomic mass is 16.6. The third kappa shape index (κ3) is 4.62. The van der Waals surface area contributed by atoms with Gasteiger partial charge in [-0.15, -0.1) is 0 Å². The second-order valence-electron chi connectivity index (χ2n) is 2.32. The van der Waals surface area contributed by atoms with Crippen molar-refractivity contribution in [1.82, 2.24) is 0 Å². The van der Waals surface area contributed by atoms with Crippen molar-refractivity contribution < 1.29 is 14.3 Å². The molecule has 4 heteroatoms. The topological polar surface area (TPSA) is 69.4 Å². The van der Waals surface area contributed by atoms with Crippen LogP contribution in [0.1, 0.15) is 20.3 Å². The predicted molar refractivity (Wildman–Crippen MR) is 44.2 cm³/mol. The van der Waals surface area contributed by atoms with E-state index in [0.29, 0.717) is 6.42 Å². The van der Waals surface area contributed by atoms with Crippen LogP contribution in [0.25, 0.3) is 0 Å². The standard InChI is InChI=1S/C8H13NO3/c1-3-4-5-7(9)8(11)12-6(2)10/h3-4,7H,5,9H2,1-2H3. The molecular formula is C8H13NO3. The van der Waals surface area contributed by atoms with Gasteiger partial charge in [0.25, 0.3) is 0 Å². The first kappa shape index (κ1) is 10.8. The fourth-order valence-electron chi connectivity index (χ4n) is 0.596. The summed E-state index contributed by atoms with van der Waals surface area (Å²) in [6.45, 7) is 2.99. The highest BCUT2D eigenvalue weighted by molar-refractivity contribution is 5.87. The maximum atomic E-state index is 10.9. The minimum Gasteiger partial charge on any atom is -0.392 e. The van der Waals surface area contributed by atoms with E-state index in [2.05, 4.69) is 4.74 Å². The summed E-state index contributed by atoms with van der Waals surface area (Å²) in [4.78, 5) is 21.2. The normalized spacial score (nSPS) is 12.9. The van der Waals surface area contributed by atoms with Crippen LogP contribution < -0.4 is 5.73 Å². The molecule has 0 amide bonds. The second kappa shape index (κ2) is 5.49. The average Bonchev–Trinajstić information content (AvgIpc) is 1.98. The van der Waals surface area contributed by atoms with Crippen LogP contribution in [0, 0.1) is 0 Å². The lowest BCUT2D eigenvalue weighted by Crippen LogP contribution is -2.32. The average molecular weight is 171 g/mol. The first-order chi connectivity index (χ1) is 5.57. The van der Waals surface area contributed by atoms with Crippen LogP contribution >= 0.6 is 0 Å². The Morgan fingerprint density at radius 2 is 2.17 bits per heavy atom. The molecule has 0 aliphatic rings. The number of hydrogen-bond acceptors (Lipinski definition) is 4. The third-order valence-corrected chi connectivity index (χ3v) is 1.17. The minimum absolute atomic E-state index is 0.391. The fraction of sp³-hybridized carbons (Fsp3) is 0.500. The van der Waals surface area contributed by atoms with Crippen molar-refractivity contribution >= 4 is 11.9 Å². The summed E-state index contributed by atoms with van der Waals surface area (Å²) in [5.41, 5.74) is 5.37. The minimum atomic E-state index is -0.745. The van der Waals surface area contributed by atoms with Gasteiger partial charge in [-0.3, -0.25) is 4.79 Å². The summed E-state index contributed by atoms with van der Waals surface area (Å²) < 4.78 is 4.27. The molecule has 0 aliphatic carbocycles. The Morgan fingerprint density at radius 1 is 1.58 bits per heavy atom. The number of esters is 2. The molecule has 0 aromatic heterocycles. The highest BCUT2D eigenvalue weighted by Gasteiger charge is 2.14. The van der Waals surface area contributed by atoms with Gasteiger partial charge in [-0.25, -0.2) is 4.79 Å². The highest BCUT2D eigenvalue weighted by Crippen LogP contribution is 1.93. The van der Waals surface area contributed by atoms with Crippen molar-refractivity contribution in [2.45, 2.75) is 26.3 Å². The molecule has 0 bridgehead atoms. The van der Waals surface area contributed by atoms with Crippen molar-refractivity contribution in [3.05, 3.63) is 12.2 Å². The number of hydrogen-bond donors (Lipinski definition) is 1. The Balaban J connectivity index is 3.84. The lowest BCUT2D eigenvalue weighted by atomic mass is 10.2. The van der Waals surface area contributed by atoms with Crippen molar-refractivity contribution in [2.75, 3.05) is 0 Å². The smallest absolute Gasteiger partial charge is 0.330 e. The zero-order valence-electron chi connectivity index (χ0n) is 7.24. The first-order valence-corrected chi connectivity index (χ1v) is 3.67. The summed E-state index contributed by atoms with van der Waals surface area (Å²) in [5, 5.41) is 0. The number of ether oxygens (including phenoxy) is 1. The molecule has 0 aromatic carbocycles. The van der Waals surface area contributed by atoms with Gasteiger partial charge in [-0.1, -0.05) is 12.2 Å². The van der Waals surface area contributed by atoms with Crippen LogP contribution in [0.2, 0.25) is 0 Å². The molecule has 0 rings (SSSR count). The van der Waals surface area contributed by atoms with E-state index in [4.69, 9.17) is 5.73 Å². The van der Waals surface area contributed by atoms with E-state index in [1.165, 1.54) is 6.92 Å². The van der Waals surface area contributed by atoms with Gasteiger partial charge in [0.1, 0.15) is 6.04 Å². The Kier molecular flexibility index (Phi) is 4.96. The van der Waals surface area contributed by atoms with Gasteiger partial charge in [-0.05, 0) is 13.3 Å². The molecule has 0 fully saturated rings. The van der Waals surface area contributed by atoms with Crippen molar-refractivity contribution in [3.8, 4) is 0 Å². The summed E-state index contributed by atoms with van der Waals surface area (Å²) in [6.07, 6.45) is 3.91. The van der Waals surface area contributed by atoms with E-state index in [-0.39, 0.29) is 0 Å². The fourth-order valence-corrected chi connectivity index (χ4v) is 0.596. The number of nitrogens with two attached hydrogens (primary N) is 1. The van der Waals surface area contributed by atoms with Gasteiger partial charge in [0.05, 0.1) is 0 Å². The molecule has 0 aromatic rings. The molecule has 0 radical (unpaired) electrons. The SMILES string of the molecule is CC=CCC(N)C(=O)OC(C)=O. The van der Waals surface area contributed by atoms with Gasteiger partial charge in [-0.2, -0.15) is 0 Å². The van der Waals surface area contributed by atoms with E-state index >= 15 is 0 Å². The Bertz CT molecular complexity index is 198. The molecule has 0 saturated carbocycles. The van der Waals surface area contributed by atoms with Gasteiger partial charge in [0, 0.05) is 6.92 Å². The maximum Gasteiger partial charge on any atom is 0.330 e. The van der Waals surface area contributed by atoms with Gasteiger partial charge < -0.3 is 10.5 Å². The molecule has 4 nitrogen and oxygen atoms in total. The lowest BCUT2D eigenvalue weighted by molar-refractivity contribution is -0.158. The number of rotatable bonds is 3.